The molecule has 0 aliphatic carbocycles. The number of para-hydroxylation sites is 1. The SMILES string of the molecule is CC(C)CCn1c(COc2ccccc2)nnc1SC(C)C(=O)NC(=O)NCc1ccccc1. The molecule has 3 amide bonds. The second-order valence-electron chi connectivity index (χ2n) is 8.25. The summed E-state index contributed by atoms with van der Waals surface area (Å²) < 4.78 is 7.85. The highest BCUT2D eigenvalue weighted by Crippen LogP contribution is 2.24. The molecule has 0 aliphatic heterocycles. The van der Waals surface area contributed by atoms with Gasteiger partial charge in [0.25, 0.3) is 0 Å². The van der Waals surface area contributed by atoms with Crippen LogP contribution in [0.15, 0.2) is 65.8 Å². The number of hydrogen-bond donors (Lipinski definition) is 2. The first-order chi connectivity index (χ1) is 16.4. The Kier molecular flexibility index (Phi) is 9.51. The molecule has 2 N–H and O–H groups in total. The summed E-state index contributed by atoms with van der Waals surface area (Å²) in [5.41, 5.74) is 0.955. The quantitative estimate of drug-likeness (QED) is 0.394. The lowest BCUT2D eigenvalue weighted by Crippen LogP contribution is -2.42. The minimum atomic E-state index is -0.535. The first kappa shape index (κ1) is 25.3. The number of imide groups is 1. The van der Waals surface area contributed by atoms with Gasteiger partial charge in [0.15, 0.2) is 11.0 Å². The fourth-order valence-electron chi connectivity index (χ4n) is 3.04. The van der Waals surface area contributed by atoms with Gasteiger partial charge in [0, 0.05) is 13.1 Å². The highest BCUT2D eigenvalue weighted by atomic mass is 32.2. The maximum atomic E-state index is 12.6. The van der Waals surface area contributed by atoms with Crippen LogP contribution in [0.1, 0.15) is 38.6 Å². The highest BCUT2D eigenvalue weighted by molar-refractivity contribution is 8.00. The normalized spacial score (nSPS) is 11.8. The number of ether oxygens (including phenoxy) is 1. The van der Waals surface area contributed by atoms with E-state index in [1.54, 1.807) is 6.92 Å². The van der Waals surface area contributed by atoms with E-state index in [9.17, 15) is 9.59 Å². The van der Waals surface area contributed by atoms with E-state index in [-0.39, 0.29) is 6.61 Å². The average Bonchev–Trinajstić information content (AvgIpc) is 3.22. The number of urea groups is 1. The van der Waals surface area contributed by atoms with Gasteiger partial charge >= 0.3 is 6.03 Å². The largest absolute Gasteiger partial charge is 0.486 e. The van der Waals surface area contributed by atoms with Crippen molar-refractivity contribution in [2.45, 2.75) is 57.3 Å². The predicted octanol–water partition coefficient (Wildman–Crippen LogP) is 4.41. The zero-order chi connectivity index (χ0) is 24.3. The van der Waals surface area contributed by atoms with Crippen molar-refractivity contribution >= 4 is 23.7 Å². The summed E-state index contributed by atoms with van der Waals surface area (Å²) in [6.07, 6.45) is 0.937. The molecular formula is C25H31N5O3S. The molecule has 34 heavy (non-hydrogen) atoms. The first-order valence-corrected chi connectivity index (χ1v) is 12.2. The van der Waals surface area contributed by atoms with E-state index in [1.165, 1.54) is 11.8 Å². The van der Waals surface area contributed by atoms with Gasteiger partial charge in [-0.2, -0.15) is 0 Å². The second kappa shape index (κ2) is 12.8. The third-order valence-corrected chi connectivity index (χ3v) is 6.10. The van der Waals surface area contributed by atoms with E-state index in [0.29, 0.717) is 30.0 Å². The minimum Gasteiger partial charge on any atom is -0.486 e. The molecule has 0 aliphatic rings. The van der Waals surface area contributed by atoms with Crippen LogP contribution in [0.25, 0.3) is 0 Å². The Morgan fingerprint density at radius 2 is 1.68 bits per heavy atom. The summed E-state index contributed by atoms with van der Waals surface area (Å²) in [6, 6.07) is 18.5. The van der Waals surface area contributed by atoms with Gasteiger partial charge in [0.05, 0.1) is 5.25 Å². The topological polar surface area (TPSA) is 98.1 Å². The number of nitrogens with one attached hydrogen (secondary N) is 2. The maximum Gasteiger partial charge on any atom is 0.321 e. The van der Waals surface area contributed by atoms with Gasteiger partial charge in [-0.3, -0.25) is 10.1 Å². The van der Waals surface area contributed by atoms with E-state index < -0.39 is 17.2 Å². The zero-order valence-corrected chi connectivity index (χ0v) is 20.5. The number of aromatic nitrogens is 3. The first-order valence-electron chi connectivity index (χ1n) is 11.3. The van der Waals surface area contributed by atoms with Crippen LogP contribution in [0.2, 0.25) is 0 Å². The summed E-state index contributed by atoms with van der Waals surface area (Å²) in [7, 11) is 0. The van der Waals surface area contributed by atoms with Crippen molar-refractivity contribution in [1.82, 2.24) is 25.4 Å². The smallest absolute Gasteiger partial charge is 0.321 e. The molecule has 8 nitrogen and oxygen atoms in total. The van der Waals surface area contributed by atoms with E-state index in [1.807, 2.05) is 65.2 Å². The maximum absolute atomic E-state index is 12.6. The lowest BCUT2D eigenvalue weighted by molar-refractivity contribution is -0.119. The third-order valence-electron chi connectivity index (χ3n) is 5.02. The van der Waals surface area contributed by atoms with E-state index >= 15 is 0 Å². The Hall–Kier alpha value is -3.33. The van der Waals surface area contributed by atoms with Gasteiger partial charge in [-0.15, -0.1) is 10.2 Å². The van der Waals surface area contributed by atoms with Crippen molar-refractivity contribution < 1.29 is 14.3 Å². The summed E-state index contributed by atoms with van der Waals surface area (Å²) in [4.78, 5) is 24.7. The molecule has 2 aromatic carbocycles. The molecule has 1 unspecified atom stereocenters. The van der Waals surface area contributed by atoms with Crippen LogP contribution in [0, 0.1) is 5.92 Å². The number of benzene rings is 2. The van der Waals surface area contributed by atoms with Gasteiger partial charge in [-0.1, -0.05) is 74.1 Å². The zero-order valence-electron chi connectivity index (χ0n) is 19.7. The van der Waals surface area contributed by atoms with Gasteiger partial charge in [0.2, 0.25) is 5.91 Å². The van der Waals surface area contributed by atoms with Crippen LogP contribution in [0.4, 0.5) is 4.79 Å². The number of hydrogen-bond acceptors (Lipinski definition) is 6. The molecule has 3 aromatic rings. The molecule has 0 fully saturated rings. The summed E-state index contributed by atoms with van der Waals surface area (Å²) >= 11 is 1.27. The molecule has 0 saturated carbocycles. The van der Waals surface area contributed by atoms with Crippen LogP contribution < -0.4 is 15.4 Å². The molecule has 1 atom stereocenters. The van der Waals surface area contributed by atoms with Crippen LogP contribution in [0.5, 0.6) is 5.75 Å². The number of carbonyl (C=O) groups excluding carboxylic acids is 2. The Morgan fingerprint density at radius 3 is 2.35 bits per heavy atom. The number of nitrogens with zero attached hydrogens (tertiary/aromatic N) is 3. The van der Waals surface area contributed by atoms with Crippen LogP contribution >= 0.6 is 11.8 Å². The predicted molar refractivity (Wildman–Crippen MR) is 132 cm³/mol. The summed E-state index contributed by atoms with van der Waals surface area (Å²) in [5, 5.41) is 13.8. The molecule has 1 heterocycles. The monoisotopic (exact) mass is 481 g/mol. The van der Waals surface area contributed by atoms with Crippen molar-refractivity contribution in [2.24, 2.45) is 5.92 Å². The third kappa shape index (κ3) is 7.91. The Morgan fingerprint density at radius 1 is 1.00 bits per heavy atom. The van der Waals surface area contributed by atoms with Gasteiger partial charge in [0.1, 0.15) is 12.4 Å². The van der Waals surface area contributed by atoms with Crippen molar-refractivity contribution in [3.63, 3.8) is 0 Å². The lowest BCUT2D eigenvalue weighted by atomic mass is 10.1. The molecule has 0 bridgehead atoms. The average molecular weight is 482 g/mol. The molecule has 1 aromatic heterocycles. The Labute approximate surface area is 204 Å². The molecule has 0 spiro atoms. The summed E-state index contributed by atoms with van der Waals surface area (Å²) in [6.45, 7) is 7.38. The second-order valence-corrected chi connectivity index (χ2v) is 9.56. The molecule has 9 heteroatoms. The minimum absolute atomic E-state index is 0.276. The van der Waals surface area contributed by atoms with Crippen LogP contribution in [-0.2, 0) is 24.5 Å². The molecule has 0 radical (unpaired) electrons. The highest BCUT2D eigenvalue weighted by Gasteiger charge is 2.22. The van der Waals surface area contributed by atoms with E-state index in [4.69, 9.17) is 4.74 Å². The lowest BCUT2D eigenvalue weighted by Gasteiger charge is -2.15. The van der Waals surface area contributed by atoms with E-state index in [2.05, 4.69) is 34.7 Å². The van der Waals surface area contributed by atoms with Crippen molar-refractivity contribution in [3.05, 3.63) is 72.1 Å². The Balaban J connectivity index is 1.58. The van der Waals surface area contributed by atoms with Crippen LogP contribution in [0.3, 0.4) is 0 Å². The molecule has 0 saturated heterocycles. The molecule has 3 rings (SSSR count). The van der Waals surface area contributed by atoms with Gasteiger partial charge in [-0.25, -0.2) is 4.79 Å². The molecular weight excluding hydrogens is 450 g/mol. The van der Waals surface area contributed by atoms with Crippen molar-refractivity contribution in [1.29, 1.82) is 0 Å². The number of carbonyl (C=O) groups is 2. The van der Waals surface area contributed by atoms with Gasteiger partial charge < -0.3 is 14.6 Å². The fourth-order valence-corrected chi connectivity index (χ4v) is 3.93. The number of thioether (sulfide) groups is 1. The standard InChI is InChI=1S/C25H31N5O3S/c1-18(2)14-15-30-22(17-33-21-12-8-5-9-13-21)28-29-25(30)34-19(3)23(31)27-24(32)26-16-20-10-6-4-7-11-20/h4-13,18-19H,14-17H2,1-3H3,(H2,26,27,31,32). The fraction of sp³-hybridized carbons (Fsp3) is 0.360. The summed E-state index contributed by atoms with van der Waals surface area (Å²) in [5.74, 6) is 1.55. The number of rotatable bonds is 11. The van der Waals surface area contributed by atoms with Gasteiger partial charge in [-0.05, 0) is 37.0 Å². The molecule has 180 valence electrons. The van der Waals surface area contributed by atoms with Crippen molar-refractivity contribution in [3.8, 4) is 5.75 Å². The number of amides is 3. The Bertz CT molecular complexity index is 1060. The van der Waals surface area contributed by atoms with E-state index in [0.717, 1.165) is 17.7 Å². The van der Waals surface area contributed by atoms with Crippen molar-refractivity contribution in [2.75, 3.05) is 0 Å². The van der Waals surface area contributed by atoms with Crippen LogP contribution in [-0.4, -0.2) is 32.0 Å².